The Kier molecular flexibility index (Phi) is 3.16. The monoisotopic (exact) mass is 266 g/mol. The van der Waals surface area contributed by atoms with Gasteiger partial charge in [-0.2, -0.15) is 0 Å². The Labute approximate surface area is 116 Å². The SMILES string of the molecule is COc1c(N)ncnc1Cc1ccc2ccccc2n1. The summed E-state index contributed by atoms with van der Waals surface area (Å²) in [7, 11) is 1.56. The lowest BCUT2D eigenvalue weighted by atomic mass is 10.1. The number of anilines is 1. The van der Waals surface area contributed by atoms with Gasteiger partial charge in [0.1, 0.15) is 6.33 Å². The molecule has 0 saturated heterocycles. The number of hydrogen-bond donors (Lipinski definition) is 1. The van der Waals surface area contributed by atoms with Crippen LogP contribution in [0.5, 0.6) is 5.75 Å². The minimum absolute atomic E-state index is 0.346. The fourth-order valence-electron chi connectivity index (χ4n) is 2.15. The Bertz CT molecular complexity index is 758. The molecular weight excluding hydrogens is 252 g/mol. The van der Waals surface area contributed by atoms with E-state index >= 15 is 0 Å². The van der Waals surface area contributed by atoms with E-state index < -0.39 is 0 Å². The zero-order valence-corrected chi connectivity index (χ0v) is 11.1. The van der Waals surface area contributed by atoms with Gasteiger partial charge >= 0.3 is 0 Å². The van der Waals surface area contributed by atoms with Crippen LogP contribution in [0, 0.1) is 0 Å². The number of para-hydroxylation sites is 1. The highest BCUT2D eigenvalue weighted by atomic mass is 16.5. The minimum Gasteiger partial charge on any atom is -0.491 e. The summed E-state index contributed by atoms with van der Waals surface area (Å²) < 4.78 is 5.26. The van der Waals surface area contributed by atoms with Gasteiger partial charge in [0.05, 0.1) is 18.3 Å². The number of rotatable bonds is 3. The van der Waals surface area contributed by atoms with Crippen molar-refractivity contribution in [1.29, 1.82) is 0 Å². The van der Waals surface area contributed by atoms with Crippen molar-refractivity contribution in [3.8, 4) is 5.75 Å². The second-order valence-corrected chi connectivity index (χ2v) is 4.41. The molecule has 5 nitrogen and oxygen atoms in total. The molecule has 100 valence electrons. The number of ether oxygens (including phenoxy) is 1. The maximum Gasteiger partial charge on any atom is 0.182 e. The molecule has 0 amide bonds. The normalized spacial score (nSPS) is 10.7. The van der Waals surface area contributed by atoms with Crippen molar-refractivity contribution < 1.29 is 4.74 Å². The van der Waals surface area contributed by atoms with Crippen LogP contribution in [-0.4, -0.2) is 22.1 Å². The molecule has 0 aliphatic rings. The van der Waals surface area contributed by atoms with E-state index in [1.165, 1.54) is 6.33 Å². The van der Waals surface area contributed by atoms with Gasteiger partial charge < -0.3 is 10.5 Å². The van der Waals surface area contributed by atoms with Crippen LogP contribution in [0.2, 0.25) is 0 Å². The highest BCUT2D eigenvalue weighted by Crippen LogP contribution is 2.24. The first kappa shape index (κ1) is 12.3. The predicted octanol–water partition coefficient (Wildman–Crippen LogP) is 2.21. The molecule has 5 heteroatoms. The van der Waals surface area contributed by atoms with Crippen molar-refractivity contribution >= 4 is 16.7 Å². The first-order valence-electron chi connectivity index (χ1n) is 6.26. The van der Waals surface area contributed by atoms with E-state index in [-0.39, 0.29) is 0 Å². The highest BCUT2D eigenvalue weighted by Gasteiger charge is 2.11. The standard InChI is InChI=1S/C15H14N4O/c1-20-14-13(17-9-18-15(14)16)8-11-7-6-10-4-2-3-5-12(10)19-11/h2-7,9H,8H2,1H3,(H2,16,17,18). The van der Waals surface area contributed by atoms with E-state index in [9.17, 15) is 0 Å². The zero-order valence-electron chi connectivity index (χ0n) is 11.1. The average molecular weight is 266 g/mol. The third-order valence-electron chi connectivity index (χ3n) is 3.11. The van der Waals surface area contributed by atoms with Crippen molar-refractivity contribution in [3.63, 3.8) is 0 Å². The predicted molar refractivity (Wildman–Crippen MR) is 77.5 cm³/mol. The number of fused-ring (bicyclic) bond motifs is 1. The summed E-state index contributed by atoms with van der Waals surface area (Å²) in [5.74, 6) is 0.862. The number of aromatic nitrogens is 3. The lowest BCUT2D eigenvalue weighted by Gasteiger charge is -2.09. The molecule has 2 N–H and O–H groups in total. The molecule has 0 aliphatic heterocycles. The van der Waals surface area contributed by atoms with Crippen molar-refractivity contribution in [3.05, 3.63) is 54.1 Å². The summed E-state index contributed by atoms with van der Waals surface area (Å²) in [6.45, 7) is 0. The van der Waals surface area contributed by atoms with Gasteiger partial charge in [0.25, 0.3) is 0 Å². The van der Waals surface area contributed by atoms with Crippen molar-refractivity contribution in [2.45, 2.75) is 6.42 Å². The van der Waals surface area contributed by atoms with E-state index in [1.807, 2.05) is 30.3 Å². The van der Waals surface area contributed by atoms with E-state index in [4.69, 9.17) is 10.5 Å². The topological polar surface area (TPSA) is 73.9 Å². The Morgan fingerprint density at radius 3 is 2.80 bits per heavy atom. The molecule has 0 radical (unpaired) electrons. The largest absolute Gasteiger partial charge is 0.491 e. The molecule has 3 rings (SSSR count). The Morgan fingerprint density at radius 1 is 1.10 bits per heavy atom. The zero-order chi connectivity index (χ0) is 13.9. The lowest BCUT2D eigenvalue weighted by molar-refractivity contribution is 0.408. The summed E-state index contributed by atoms with van der Waals surface area (Å²) in [6.07, 6.45) is 2.00. The smallest absolute Gasteiger partial charge is 0.182 e. The molecule has 0 atom stereocenters. The molecule has 2 aromatic heterocycles. The van der Waals surface area contributed by atoms with Crippen LogP contribution in [0.25, 0.3) is 10.9 Å². The molecule has 0 bridgehead atoms. The second-order valence-electron chi connectivity index (χ2n) is 4.41. The first-order chi connectivity index (χ1) is 9.78. The fraction of sp³-hybridized carbons (Fsp3) is 0.133. The number of nitrogens with zero attached hydrogens (tertiary/aromatic N) is 3. The van der Waals surface area contributed by atoms with Gasteiger partial charge in [-0.3, -0.25) is 4.98 Å². The van der Waals surface area contributed by atoms with E-state index in [1.54, 1.807) is 7.11 Å². The summed E-state index contributed by atoms with van der Waals surface area (Å²) in [4.78, 5) is 12.8. The second kappa shape index (κ2) is 5.13. The highest BCUT2D eigenvalue weighted by molar-refractivity contribution is 5.78. The summed E-state index contributed by atoms with van der Waals surface area (Å²) >= 11 is 0. The van der Waals surface area contributed by atoms with Crippen LogP contribution in [0.1, 0.15) is 11.4 Å². The molecule has 2 heterocycles. The third kappa shape index (κ3) is 2.25. The summed E-state index contributed by atoms with van der Waals surface area (Å²) in [6, 6.07) is 12.0. The molecule has 0 saturated carbocycles. The van der Waals surface area contributed by atoms with E-state index in [0.717, 1.165) is 22.3 Å². The molecule has 0 fully saturated rings. The van der Waals surface area contributed by atoms with Crippen LogP contribution in [0.3, 0.4) is 0 Å². The minimum atomic E-state index is 0.346. The fourth-order valence-corrected chi connectivity index (χ4v) is 2.15. The average Bonchev–Trinajstić information content (AvgIpc) is 2.47. The summed E-state index contributed by atoms with van der Waals surface area (Å²) in [5.41, 5.74) is 8.40. The number of benzene rings is 1. The van der Waals surface area contributed by atoms with Gasteiger partial charge in [0, 0.05) is 17.5 Å². The lowest BCUT2D eigenvalue weighted by Crippen LogP contribution is -2.04. The third-order valence-corrected chi connectivity index (χ3v) is 3.11. The quantitative estimate of drug-likeness (QED) is 0.786. The number of pyridine rings is 1. The van der Waals surface area contributed by atoms with Crippen molar-refractivity contribution in [2.75, 3.05) is 12.8 Å². The Morgan fingerprint density at radius 2 is 1.95 bits per heavy atom. The van der Waals surface area contributed by atoms with Gasteiger partial charge in [0.2, 0.25) is 0 Å². The number of methoxy groups -OCH3 is 1. The van der Waals surface area contributed by atoms with Crippen molar-refractivity contribution in [1.82, 2.24) is 15.0 Å². The molecule has 1 aromatic carbocycles. The van der Waals surface area contributed by atoms with Gasteiger partial charge in [-0.1, -0.05) is 24.3 Å². The van der Waals surface area contributed by atoms with Gasteiger partial charge in [-0.15, -0.1) is 0 Å². The maximum atomic E-state index is 5.78. The van der Waals surface area contributed by atoms with E-state index in [0.29, 0.717) is 18.0 Å². The number of nitrogens with two attached hydrogens (primary N) is 1. The molecule has 0 unspecified atom stereocenters. The number of hydrogen-bond acceptors (Lipinski definition) is 5. The number of nitrogen functional groups attached to an aromatic ring is 1. The van der Waals surface area contributed by atoms with Crippen LogP contribution in [-0.2, 0) is 6.42 Å². The molecule has 0 spiro atoms. The van der Waals surface area contributed by atoms with Crippen LogP contribution in [0.15, 0.2) is 42.7 Å². The molecular formula is C15H14N4O. The van der Waals surface area contributed by atoms with Crippen LogP contribution in [0.4, 0.5) is 5.82 Å². The van der Waals surface area contributed by atoms with Gasteiger partial charge in [-0.05, 0) is 12.1 Å². The first-order valence-corrected chi connectivity index (χ1v) is 6.26. The molecule has 20 heavy (non-hydrogen) atoms. The molecule has 3 aromatic rings. The Hall–Kier alpha value is -2.69. The molecule has 0 aliphatic carbocycles. The van der Waals surface area contributed by atoms with Crippen LogP contribution >= 0.6 is 0 Å². The summed E-state index contributed by atoms with van der Waals surface area (Å²) in [5, 5.41) is 1.12. The Balaban J connectivity index is 1.99. The van der Waals surface area contributed by atoms with Gasteiger partial charge in [-0.25, -0.2) is 9.97 Å². The van der Waals surface area contributed by atoms with Crippen LogP contribution < -0.4 is 10.5 Å². The van der Waals surface area contributed by atoms with Crippen molar-refractivity contribution in [2.24, 2.45) is 0 Å². The van der Waals surface area contributed by atoms with E-state index in [2.05, 4.69) is 21.0 Å². The maximum absolute atomic E-state index is 5.78. The van der Waals surface area contributed by atoms with Gasteiger partial charge in [0.15, 0.2) is 11.6 Å².